The lowest BCUT2D eigenvalue weighted by Crippen LogP contribution is -2.17. The molecule has 1 aromatic carbocycles. The zero-order valence-corrected chi connectivity index (χ0v) is 11.6. The lowest BCUT2D eigenvalue weighted by Gasteiger charge is -2.09. The zero-order valence-electron chi connectivity index (χ0n) is 10.0. The molecule has 100 valence electrons. The number of aromatic amines is 1. The van der Waals surface area contributed by atoms with Gasteiger partial charge < -0.3 is 4.74 Å². The summed E-state index contributed by atoms with van der Waals surface area (Å²) in [6.45, 7) is 1.94. The first-order chi connectivity index (χ1) is 9.15. The van der Waals surface area contributed by atoms with Gasteiger partial charge in [-0.05, 0) is 29.8 Å². The number of H-pyrrole nitrogens is 1. The molecule has 0 fully saturated rings. The molecule has 2 rings (SSSR count). The molecular formula is C11H11ClN4O2S. The van der Waals surface area contributed by atoms with Gasteiger partial charge in [0, 0.05) is 5.02 Å². The summed E-state index contributed by atoms with van der Waals surface area (Å²) >= 11 is 6.95. The summed E-state index contributed by atoms with van der Waals surface area (Å²) in [4.78, 5) is 11.8. The summed E-state index contributed by atoms with van der Waals surface area (Å²) in [6, 6.07) is 7.13. The van der Waals surface area contributed by atoms with Crippen molar-refractivity contribution in [2.45, 2.75) is 23.9 Å². The average Bonchev–Trinajstić information content (AvgIpc) is 2.90. The van der Waals surface area contributed by atoms with Gasteiger partial charge in [0.25, 0.3) is 0 Å². The molecule has 0 aliphatic rings. The predicted octanol–water partition coefficient (Wildman–Crippen LogP) is 2.08. The van der Waals surface area contributed by atoms with Crippen LogP contribution in [0.3, 0.4) is 0 Å². The molecule has 1 N–H and O–H groups in total. The molecule has 0 spiro atoms. The van der Waals surface area contributed by atoms with E-state index < -0.39 is 5.25 Å². The minimum absolute atomic E-state index is 0.215. The van der Waals surface area contributed by atoms with Crippen molar-refractivity contribution in [2.75, 3.05) is 0 Å². The molecule has 2 aromatic rings. The van der Waals surface area contributed by atoms with Crippen LogP contribution in [-0.4, -0.2) is 31.8 Å². The van der Waals surface area contributed by atoms with Gasteiger partial charge in [-0.1, -0.05) is 35.5 Å². The number of thioether (sulfide) groups is 1. The van der Waals surface area contributed by atoms with Crippen LogP contribution < -0.4 is 0 Å². The second-order valence-electron chi connectivity index (χ2n) is 3.69. The Labute approximate surface area is 118 Å². The maximum atomic E-state index is 11.8. The van der Waals surface area contributed by atoms with Gasteiger partial charge in [0.2, 0.25) is 5.16 Å². The van der Waals surface area contributed by atoms with Crippen molar-refractivity contribution in [3.63, 3.8) is 0 Å². The Morgan fingerprint density at radius 1 is 1.47 bits per heavy atom. The molecule has 1 unspecified atom stereocenters. The number of hydrogen-bond donors (Lipinski definition) is 1. The Hall–Kier alpha value is -1.60. The number of nitrogens with one attached hydrogen (secondary N) is 1. The second kappa shape index (κ2) is 6.53. The van der Waals surface area contributed by atoms with Crippen molar-refractivity contribution in [1.29, 1.82) is 0 Å². The predicted molar refractivity (Wildman–Crippen MR) is 70.7 cm³/mol. The fraction of sp³-hybridized carbons (Fsp3) is 0.273. The number of aromatic nitrogens is 4. The summed E-state index contributed by atoms with van der Waals surface area (Å²) in [5, 5.41) is 13.9. The van der Waals surface area contributed by atoms with Crippen LogP contribution in [0, 0.1) is 0 Å². The summed E-state index contributed by atoms with van der Waals surface area (Å²) in [6.07, 6.45) is 0. The largest absolute Gasteiger partial charge is 0.460 e. The summed E-state index contributed by atoms with van der Waals surface area (Å²) < 4.78 is 5.19. The van der Waals surface area contributed by atoms with Crippen molar-refractivity contribution in [1.82, 2.24) is 20.6 Å². The van der Waals surface area contributed by atoms with Crippen LogP contribution in [0.1, 0.15) is 12.5 Å². The number of rotatable bonds is 5. The van der Waals surface area contributed by atoms with Crippen LogP contribution in [0.25, 0.3) is 0 Å². The number of tetrazole rings is 1. The molecule has 1 aromatic heterocycles. The van der Waals surface area contributed by atoms with E-state index in [1.165, 1.54) is 11.8 Å². The Balaban J connectivity index is 1.82. The van der Waals surface area contributed by atoms with Crippen molar-refractivity contribution in [2.24, 2.45) is 0 Å². The fourth-order valence-corrected chi connectivity index (χ4v) is 2.05. The summed E-state index contributed by atoms with van der Waals surface area (Å²) in [5.41, 5.74) is 0.884. The number of nitrogens with zero attached hydrogens (tertiary/aromatic N) is 3. The Morgan fingerprint density at radius 2 is 2.21 bits per heavy atom. The first-order valence-corrected chi connectivity index (χ1v) is 6.72. The summed E-state index contributed by atoms with van der Waals surface area (Å²) in [7, 11) is 0. The molecular weight excluding hydrogens is 288 g/mol. The van der Waals surface area contributed by atoms with Crippen molar-refractivity contribution >= 4 is 29.3 Å². The number of carbonyl (C=O) groups excluding carboxylic acids is 1. The Morgan fingerprint density at radius 3 is 2.84 bits per heavy atom. The Bertz CT molecular complexity index is 532. The molecule has 0 aliphatic heterocycles. The van der Waals surface area contributed by atoms with E-state index in [9.17, 15) is 4.79 Å². The number of carbonyl (C=O) groups is 1. The van der Waals surface area contributed by atoms with Crippen LogP contribution in [-0.2, 0) is 16.1 Å². The van der Waals surface area contributed by atoms with E-state index in [-0.39, 0.29) is 12.6 Å². The molecule has 0 aliphatic carbocycles. The molecule has 0 radical (unpaired) electrons. The highest BCUT2D eigenvalue weighted by molar-refractivity contribution is 8.00. The Kier molecular flexibility index (Phi) is 4.75. The minimum atomic E-state index is -0.398. The maximum absolute atomic E-state index is 11.8. The highest BCUT2D eigenvalue weighted by Gasteiger charge is 2.18. The fourth-order valence-electron chi connectivity index (χ4n) is 1.26. The third kappa shape index (κ3) is 4.22. The van der Waals surface area contributed by atoms with Crippen molar-refractivity contribution in [3.8, 4) is 0 Å². The third-order valence-electron chi connectivity index (χ3n) is 2.23. The molecule has 0 amide bonds. The van der Waals surface area contributed by atoms with Gasteiger partial charge in [0.15, 0.2) is 0 Å². The van der Waals surface area contributed by atoms with E-state index >= 15 is 0 Å². The van der Waals surface area contributed by atoms with Crippen LogP contribution >= 0.6 is 23.4 Å². The smallest absolute Gasteiger partial charge is 0.319 e. The molecule has 19 heavy (non-hydrogen) atoms. The zero-order chi connectivity index (χ0) is 13.7. The molecule has 6 nitrogen and oxygen atoms in total. The van der Waals surface area contributed by atoms with E-state index in [1.807, 2.05) is 12.1 Å². The molecule has 8 heteroatoms. The highest BCUT2D eigenvalue weighted by atomic mass is 35.5. The van der Waals surface area contributed by atoms with E-state index in [0.717, 1.165) is 5.56 Å². The molecule has 0 saturated carbocycles. The molecule has 1 atom stereocenters. The van der Waals surface area contributed by atoms with E-state index in [2.05, 4.69) is 20.6 Å². The number of ether oxygens (including phenoxy) is 1. The second-order valence-corrected chi connectivity index (χ2v) is 5.43. The van der Waals surface area contributed by atoms with Crippen molar-refractivity contribution in [3.05, 3.63) is 34.9 Å². The third-order valence-corrected chi connectivity index (χ3v) is 3.42. The number of benzene rings is 1. The SMILES string of the molecule is CC(Sc1nn[nH]n1)C(=O)OCc1ccc(Cl)cc1. The first kappa shape index (κ1) is 13.8. The number of hydrogen-bond acceptors (Lipinski definition) is 6. The van der Waals surface area contributed by atoms with Crippen LogP contribution in [0.4, 0.5) is 0 Å². The van der Waals surface area contributed by atoms with Gasteiger partial charge in [-0.3, -0.25) is 4.79 Å². The normalized spacial score (nSPS) is 12.1. The van der Waals surface area contributed by atoms with Crippen molar-refractivity contribution < 1.29 is 9.53 Å². The van der Waals surface area contributed by atoms with Gasteiger partial charge in [-0.2, -0.15) is 5.21 Å². The van der Waals surface area contributed by atoms with Gasteiger partial charge in [0.05, 0.1) is 0 Å². The van der Waals surface area contributed by atoms with Gasteiger partial charge in [-0.25, -0.2) is 0 Å². The van der Waals surface area contributed by atoms with Gasteiger partial charge in [0.1, 0.15) is 11.9 Å². The van der Waals surface area contributed by atoms with Crippen LogP contribution in [0.2, 0.25) is 5.02 Å². The maximum Gasteiger partial charge on any atom is 0.319 e. The standard InChI is InChI=1S/C11H11ClN4O2S/c1-7(19-11-13-15-16-14-11)10(17)18-6-8-2-4-9(12)5-3-8/h2-5,7H,6H2,1H3,(H,13,14,15,16). The highest BCUT2D eigenvalue weighted by Crippen LogP contribution is 2.19. The molecule has 0 saturated heterocycles. The summed E-state index contributed by atoms with van der Waals surface area (Å²) in [5.74, 6) is -0.329. The molecule has 1 heterocycles. The van der Waals surface area contributed by atoms with Crippen LogP contribution in [0.15, 0.2) is 29.4 Å². The lowest BCUT2D eigenvalue weighted by atomic mass is 10.2. The van der Waals surface area contributed by atoms with Gasteiger partial charge in [-0.15, -0.1) is 10.2 Å². The van der Waals surface area contributed by atoms with E-state index in [0.29, 0.717) is 10.2 Å². The average molecular weight is 299 g/mol. The number of esters is 1. The quantitative estimate of drug-likeness (QED) is 0.672. The van der Waals surface area contributed by atoms with Gasteiger partial charge >= 0.3 is 5.97 Å². The van der Waals surface area contributed by atoms with E-state index in [4.69, 9.17) is 16.3 Å². The topological polar surface area (TPSA) is 80.8 Å². The molecule has 0 bridgehead atoms. The number of halogens is 1. The van der Waals surface area contributed by atoms with E-state index in [1.54, 1.807) is 19.1 Å². The monoisotopic (exact) mass is 298 g/mol. The minimum Gasteiger partial charge on any atom is -0.460 e. The first-order valence-electron chi connectivity index (χ1n) is 5.46. The lowest BCUT2D eigenvalue weighted by molar-refractivity contribution is -0.143. The van der Waals surface area contributed by atoms with Crippen LogP contribution in [0.5, 0.6) is 0 Å².